The number of hydroxylamine groups is 2. The molecule has 1 amide bonds. The Morgan fingerprint density at radius 3 is 2.48 bits per heavy atom. The van der Waals surface area contributed by atoms with Gasteiger partial charge in [-0.05, 0) is 46.9 Å². The second kappa shape index (κ2) is 12.5. The summed E-state index contributed by atoms with van der Waals surface area (Å²) in [5.41, 5.74) is 2.69. The highest BCUT2D eigenvalue weighted by Gasteiger charge is 2.24. The van der Waals surface area contributed by atoms with E-state index in [1.54, 1.807) is 0 Å². The lowest BCUT2D eigenvalue weighted by Gasteiger charge is -2.17. The minimum absolute atomic E-state index is 0.200. The van der Waals surface area contributed by atoms with Crippen molar-refractivity contribution < 1.29 is 41.2 Å². The first-order valence-corrected chi connectivity index (χ1v) is 12.5. The molecule has 0 fully saturated rings. The van der Waals surface area contributed by atoms with Crippen molar-refractivity contribution in [3.05, 3.63) is 56.4 Å². The van der Waals surface area contributed by atoms with Crippen molar-refractivity contribution in [1.29, 1.82) is 0 Å². The lowest BCUT2D eigenvalue weighted by Crippen LogP contribution is -2.27. The van der Waals surface area contributed by atoms with E-state index >= 15 is 0 Å². The minimum Gasteiger partial charge on any atom is -0.394 e. The Labute approximate surface area is 201 Å². The van der Waals surface area contributed by atoms with Crippen LogP contribution in [0.5, 0.6) is 0 Å². The van der Waals surface area contributed by atoms with Crippen LogP contribution in [0.2, 0.25) is 0 Å². The van der Waals surface area contributed by atoms with Gasteiger partial charge >= 0.3 is 0 Å². The van der Waals surface area contributed by atoms with Crippen molar-refractivity contribution in [1.82, 2.24) is 11.0 Å². The number of amides is 1. The van der Waals surface area contributed by atoms with E-state index in [0.29, 0.717) is 3.57 Å². The first-order valence-electron chi connectivity index (χ1n) is 9.31. The van der Waals surface area contributed by atoms with E-state index in [4.69, 9.17) is 14.8 Å². The number of hydrogen-bond acceptors (Lipinski definition) is 8. The molecular weight excluding hydrogens is 582 g/mol. The molecule has 0 aliphatic rings. The maximum atomic E-state index is 14.9. The Balaban J connectivity index is 2.32. The van der Waals surface area contributed by atoms with E-state index in [2.05, 4.69) is 10.8 Å². The Kier molecular flexibility index (Phi) is 10.3. The summed E-state index contributed by atoms with van der Waals surface area (Å²) < 4.78 is 66.6. The molecule has 0 spiro atoms. The van der Waals surface area contributed by atoms with Crippen molar-refractivity contribution >= 4 is 49.7 Å². The van der Waals surface area contributed by atoms with Crippen molar-refractivity contribution in [2.45, 2.75) is 6.54 Å². The average Bonchev–Trinajstić information content (AvgIpc) is 2.73. The lowest BCUT2D eigenvalue weighted by atomic mass is 10.1. The molecule has 2 aromatic rings. The molecular formula is C19H21F3IN3O6S. The van der Waals surface area contributed by atoms with Gasteiger partial charge in [-0.3, -0.25) is 9.63 Å². The minimum atomic E-state index is -3.28. The fraction of sp³-hybridized carbons (Fsp3) is 0.316. The van der Waals surface area contributed by atoms with Gasteiger partial charge in [0.15, 0.2) is 11.6 Å². The zero-order valence-electron chi connectivity index (χ0n) is 17.3. The molecule has 0 radical (unpaired) electrons. The molecule has 0 heterocycles. The number of benzene rings is 2. The first kappa shape index (κ1) is 27.3. The molecule has 14 heteroatoms. The summed E-state index contributed by atoms with van der Waals surface area (Å²) in [7, 11) is -3.28. The maximum absolute atomic E-state index is 14.9. The number of sulfone groups is 1. The number of nitrogens with one attached hydrogen (secondary N) is 3. The molecule has 0 unspecified atom stereocenters. The van der Waals surface area contributed by atoms with Gasteiger partial charge in [0.25, 0.3) is 5.91 Å². The second-order valence-corrected chi connectivity index (χ2v) is 10.1. The van der Waals surface area contributed by atoms with Crippen LogP contribution in [0.25, 0.3) is 0 Å². The van der Waals surface area contributed by atoms with Gasteiger partial charge in [-0.1, -0.05) is 0 Å². The van der Waals surface area contributed by atoms with Crippen molar-refractivity contribution in [2.75, 3.05) is 37.1 Å². The molecule has 0 saturated heterocycles. The molecule has 9 nitrogen and oxygen atoms in total. The summed E-state index contributed by atoms with van der Waals surface area (Å²) in [5.74, 6) is -4.84. The van der Waals surface area contributed by atoms with E-state index in [9.17, 15) is 26.4 Å². The molecule has 0 aliphatic carbocycles. The standard InChI is InChI=1S/C19H21F3IN3O6S/c1-33(29,30)7-6-31-24-10-11-8-13(19(28)26-32-5-4-27)18(17(22)16(11)21)25-15-3-2-12(23)9-14(15)20/h2-3,8-9,24-25,27H,4-7,10H2,1H3,(H,26,28). The average molecular weight is 603 g/mol. The zero-order chi connectivity index (χ0) is 24.6. The molecule has 182 valence electrons. The quantitative estimate of drug-likeness (QED) is 0.165. The van der Waals surface area contributed by atoms with Gasteiger partial charge in [-0.15, -0.1) is 0 Å². The number of rotatable bonds is 12. The summed E-state index contributed by atoms with van der Waals surface area (Å²) in [6.45, 7) is -1.32. The number of carbonyl (C=O) groups is 1. The van der Waals surface area contributed by atoms with Crippen molar-refractivity contribution in [3.8, 4) is 0 Å². The number of halogens is 4. The largest absolute Gasteiger partial charge is 0.394 e. The van der Waals surface area contributed by atoms with Crippen LogP contribution in [0.3, 0.4) is 0 Å². The van der Waals surface area contributed by atoms with Gasteiger partial charge in [-0.2, -0.15) is 5.48 Å². The van der Waals surface area contributed by atoms with Crippen LogP contribution in [0.15, 0.2) is 24.3 Å². The molecule has 0 saturated carbocycles. The van der Waals surface area contributed by atoms with E-state index in [-0.39, 0.29) is 30.2 Å². The first-order chi connectivity index (χ1) is 15.5. The number of carbonyl (C=O) groups excluding carboxylic acids is 1. The van der Waals surface area contributed by atoms with Crippen LogP contribution < -0.4 is 16.3 Å². The van der Waals surface area contributed by atoms with Gasteiger partial charge in [0, 0.05) is 21.9 Å². The van der Waals surface area contributed by atoms with Gasteiger partial charge in [0.2, 0.25) is 0 Å². The Morgan fingerprint density at radius 2 is 1.85 bits per heavy atom. The van der Waals surface area contributed by atoms with Gasteiger partial charge in [-0.25, -0.2) is 27.1 Å². The highest BCUT2D eigenvalue weighted by atomic mass is 127. The van der Waals surface area contributed by atoms with Crippen LogP contribution in [0.4, 0.5) is 24.5 Å². The van der Waals surface area contributed by atoms with Crippen LogP contribution >= 0.6 is 22.6 Å². The zero-order valence-corrected chi connectivity index (χ0v) is 20.2. The molecule has 0 aliphatic heterocycles. The molecule has 0 atom stereocenters. The Hall–Kier alpha value is -1.98. The predicted octanol–water partition coefficient (Wildman–Crippen LogP) is 2.17. The van der Waals surface area contributed by atoms with Crippen LogP contribution in [-0.4, -0.2) is 51.3 Å². The maximum Gasteiger partial charge on any atom is 0.277 e. The predicted molar refractivity (Wildman–Crippen MR) is 122 cm³/mol. The van der Waals surface area contributed by atoms with E-state index in [0.717, 1.165) is 18.4 Å². The third kappa shape index (κ3) is 8.38. The number of aliphatic hydroxyl groups excluding tert-OH is 1. The Morgan fingerprint density at radius 1 is 1.12 bits per heavy atom. The highest BCUT2D eigenvalue weighted by Crippen LogP contribution is 2.30. The van der Waals surface area contributed by atoms with Gasteiger partial charge in [0.1, 0.15) is 15.7 Å². The summed E-state index contributed by atoms with van der Waals surface area (Å²) in [4.78, 5) is 22.1. The highest BCUT2D eigenvalue weighted by molar-refractivity contribution is 14.1. The number of aliphatic hydroxyl groups is 1. The monoisotopic (exact) mass is 603 g/mol. The molecule has 0 bridgehead atoms. The normalized spacial score (nSPS) is 11.5. The Bertz CT molecular complexity index is 1100. The molecule has 0 aromatic heterocycles. The topological polar surface area (TPSA) is 126 Å². The molecule has 2 rings (SSSR count). The molecule has 33 heavy (non-hydrogen) atoms. The smallest absolute Gasteiger partial charge is 0.277 e. The lowest BCUT2D eigenvalue weighted by molar-refractivity contribution is 0.0168. The van der Waals surface area contributed by atoms with Gasteiger partial charge in [0.05, 0.1) is 42.5 Å². The fourth-order valence-electron chi connectivity index (χ4n) is 2.45. The third-order valence-electron chi connectivity index (χ3n) is 4.00. The van der Waals surface area contributed by atoms with Crippen LogP contribution in [-0.2, 0) is 26.1 Å². The molecule has 2 aromatic carbocycles. The van der Waals surface area contributed by atoms with Crippen molar-refractivity contribution in [3.63, 3.8) is 0 Å². The second-order valence-electron chi connectivity index (χ2n) is 6.64. The van der Waals surface area contributed by atoms with Crippen molar-refractivity contribution in [2.24, 2.45) is 0 Å². The van der Waals surface area contributed by atoms with Gasteiger partial charge < -0.3 is 15.3 Å². The van der Waals surface area contributed by atoms with E-state index < -0.39 is 57.6 Å². The fourth-order valence-corrected chi connectivity index (χ4v) is 3.28. The summed E-state index contributed by atoms with van der Waals surface area (Å²) in [5, 5.41) is 11.2. The number of anilines is 2. The van der Waals surface area contributed by atoms with Crippen LogP contribution in [0, 0.1) is 21.0 Å². The summed E-state index contributed by atoms with van der Waals surface area (Å²) >= 11 is 1.87. The van der Waals surface area contributed by atoms with Crippen LogP contribution in [0.1, 0.15) is 15.9 Å². The number of hydrogen-bond donors (Lipinski definition) is 4. The summed E-state index contributed by atoms with van der Waals surface area (Å²) in [6.07, 6.45) is 1.01. The van der Waals surface area contributed by atoms with E-state index in [1.165, 1.54) is 12.1 Å². The summed E-state index contributed by atoms with van der Waals surface area (Å²) in [6, 6.07) is 4.98. The van der Waals surface area contributed by atoms with E-state index in [1.807, 2.05) is 28.1 Å². The third-order valence-corrected chi connectivity index (χ3v) is 5.58. The SMILES string of the molecule is CS(=O)(=O)CCONCc1cc(C(=O)NOCCO)c(Nc2ccc(I)cc2F)c(F)c1F. The molecule has 4 N–H and O–H groups in total.